The fraction of sp³-hybridized carbons (Fsp3) is 0.276. The highest BCUT2D eigenvalue weighted by molar-refractivity contribution is 7.99. The summed E-state index contributed by atoms with van der Waals surface area (Å²) in [4.78, 5) is 12.9. The van der Waals surface area contributed by atoms with E-state index in [0.29, 0.717) is 17.6 Å². The number of amides is 1. The molecule has 1 amide bonds. The van der Waals surface area contributed by atoms with E-state index < -0.39 is 0 Å². The first-order valence-corrected chi connectivity index (χ1v) is 13.2. The Kier molecular flexibility index (Phi) is 8.50. The molecular weight excluding hydrogens is 484 g/mol. The van der Waals surface area contributed by atoms with Gasteiger partial charge in [0.15, 0.2) is 11.0 Å². The highest BCUT2D eigenvalue weighted by Gasteiger charge is 2.17. The quantitative estimate of drug-likeness (QED) is 0.253. The third-order valence-electron chi connectivity index (χ3n) is 5.77. The number of hydrogen-bond acceptors (Lipinski definition) is 6. The molecule has 0 saturated carbocycles. The number of thioether (sulfide) groups is 1. The zero-order chi connectivity index (χ0) is 26.4. The van der Waals surface area contributed by atoms with E-state index in [2.05, 4.69) is 34.6 Å². The molecule has 1 N–H and O–H groups in total. The largest absolute Gasteiger partial charge is 0.494 e. The predicted molar refractivity (Wildman–Crippen MR) is 148 cm³/mol. The van der Waals surface area contributed by atoms with Gasteiger partial charge in [-0.15, -0.1) is 10.2 Å². The molecule has 0 spiro atoms. The third kappa shape index (κ3) is 6.71. The lowest BCUT2D eigenvalue weighted by atomic mass is 10.1. The van der Waals surface area contributed by atoms with Crippen LogP contribution in [0.5, 0.6) is 11.5 Å². The molecule has 0 aliphatic rings. The van der Waals surface area contributed by atoms with Gasteiger partial charge in [0.25, 0.3) is 0 Å². The van der Waals surface area contributed by atoms with Crippen LogP contribution in [0.3, 0.4) is 0 Å². The summed E-state index contributed by atoms with van der Waals surface area (Å²) >= 11 is 1.33. The molecule has 7 nitrogen and oxygen atoms in total. The Morgan fingerprint density at radius 3 is 2.14 bits per heavy atom. The molecule has 37 heavy (non-hydrogen) atoms. The summed E-state index contributed by atoms with van der Waals surface area (Å²) < 4.78 is 13.5. The highest BCUT2D eigenvalue weighted by atomic mass is 32.2. The molecule has 0 fully saturated rings. The van der Waals surface area contributed by atoms with Gasteiger partial charge in [0.1, 0.15) is 18.1 Å². The van der Waals surface area contributed by atoms with E-state index in [1.54, 1.807) is 0 Å². The van der Waals surface area contributed by atoms with Crippen molar-refractivity contribution in [2.24, 2.45) is 0 Å². The van der Waals surface area contributed by atoms with Crippen LogP contribution in [0.25, 0.3) is 5.69 Å². The van der Waals surface area contributed by atoms with Gasteiger partial charge < -0.3 is 14.8 Å². The van der Waals surface area contributed by atoms with Crippen LogP contribution in [-0.4, -0.2) is 33.0 Å². The minimum absolute atomic E-state index is 0.0984. The number of carbonyl (C=O) groups is 1. The van der Waals surface area contributed by atoms with Crippen LogP contribution in [0.4, 0.5) is 5.69 Å². The van der Waals surface area contributed by atoms with Crippen LogP contribution < -0.4 is 14.8 Å². The van der Waals surface area contributed by atoms with Crippen LogP contribution in [0.2, 0.25) is 0 Å². The molecule has 0 aliphatic carbocycles. The van der Waals surface area contributed by atoms with Gasteiger partial charge in [0.05, 0.1) is 12.4 Å². The van der Waals surface area contributed by atoms with Gasteiger partial charge in [-0.25, -0.2) is 0 Å². The second-order valence-corrected chi connectivity index (χ2v) is 9.82. The minimum atomic E-state index is -0.0984. The zero-order valence-electron chi connectivity index (χ0n) is 21.9. The maximum atomic E-state index is 12.9. The lowest BCUT2D eigenvalue weighted by Gasteiger charge is -2.14. The molecule has 0 bridgehead atoms. The van der Waals surface area contributed by atoms with Crippen molar-refractivity contribution in [3.8, 4) is 17.2 Å². The van der Waals surface area contributed by atoms with Crippen molar-refractivity contribution in [1.29, 1.82) is 0 Å². The molecule has 0 atom stereocenters. The Balaban J connectivity index is 1.53. The van der Waals surface area contributed by atoms with Crippen molar-refractivity contribution < 1.29 is 14.3 Å². The van der Waals surface area contributed by atoms with Crippen LogP contribution >= 0.6 is 11.8 Å². The first kappa shape index (κ1) is 26.3. The van der Waals surface area contributed by atoms with E-state index in [0.717, 1.165) is 39.6 Å². The number of anilines is 1. The van der Waals surface area contributed by atoms with Gasteiger partial charge in [-0.2, -0.15) is 0 Å². The molecule has 0 saturated heterocycles. The lowest BCUT2D eigenvalue weighted by molar-refractivity contribution is -0.113. The van der Waals surface area contributed by atoms with Gasteiger partial charge in [-0.05, 0) is 82.1 Å². The van der Waals surface area contributed by atoms with Crippen LogP contribution in [-0.2, 0) is 11.4 Å². The van der Waals surface area contributed by atoms with Crippen LogP contribution in [0.15, 0.2) is 65.8 Å². The Morgan fingerprint density at radius 2 is 1.49 bits per heavy atom. The van der Waals surface area contributed by atoms with Crippen molar-refractivity contribution in [2.45, 2.75) is 46.4 Å². The Hall–Kier alpha value is -3.78. The number of rotatable bonds is 10. The summed E-state index contributed by atoms with van der Waals surface area (Å²) in [5.74, 6) is 2.27. The van der Waals surface area contributed by atoms with Gasteiger partial charge in [0.2, 0.25) is 5.91 Å². The normalized spacial score (nSPS) is 10.8. The molecule has 4 rings (SSSR count). The molecule has 1 aromatic heterocycles. The van der Waals surface area contributed by atoms with E-state index in [9.17, 15) is 4.79 Å². The Labute approximate surface area is 222 Å². The monoisotopic (exact) mass is 516 g/mol. The van der Waals surface area contributed by atoms with Crippen molar-refractivity contribution in [3.05, 3.63) is 88.7 Å². The molecule has 4 aromatic rings. The smallest absolute Gasteiger partial charge is 0.234 e. The van der Waals surface area contributed by atoms with E-state index in [1.807, 2.05) is 80.8 Å². The molecule has 192 valence electrons. The summed E-state index contributed by atoms with van der Waals surface area (Å²) in [6, 6.07) is 19.7. The molecule has 0 radical (unpaired) electrons. The second kappa shape index (κ2) is 12.0. The number of aryl methyl sites for hydroxylation is 4. The first-order valence-electron chi connectivity index (χ1n) is 12.2. The first-order chi connectivity index (χ1) is 17.8. The van der Waals surface area contributed by atoms with E-state index >= 15 is 0 Å². The topological polar surface area (TPSA) is 78.3 Å². The summed E-state index contributed by atoms with van der Waals surface area (Å²) in [5.41, 5.74) is 6.15. The average Bonchev–Trinajstić information content (AvgIpc) is 3.28. The van der Waals surface area contributed by atoms with Crippen molar-refractivity contribution in [1.82, 2.24) is 14.8 Å². The minimum Gasteiger partial charge on any atom is -0.494 e. The predicted octanol–water partition coefficient (Wildman–Crippen LogP) is 6.21. The van der Waals surface area contributed by atoms with Gasteiger partial charge in [0, 0.05) is 11.4 Å². The summed E-state index contributed by atoms with van der Waals surface area (Å²) in [6.45, 7) is 10.9. The number of carbonyl (C=O) groups excluding carboxylic acids is 1. The van der Waals surface area contributed by atoms with E-state index in [4.69, 9.17) is 9.47 Å². The van der Waals surface area contributed by atoms with E-state index in [-0.39, 0.29) is 18.3 Å². The number of benzene rings is 3. The average molecular weight is 517 g/mol. The van der Waals surface area contributed by atoms with E-state index in [1.165, 1.54) is 17.3 Å². The molecule has 0 aliphatic heterocycles. The Morgan fingerprint density at radius 1 is 0.865 bits per heavy atom. The van der Waals surface area contributed by atoms with Gasteiger partial charge in [-0.1, -0.05) is 47.2 Å². The SMILES string of the molecule is CCOc1ccc(-n2c(COc3ccc(C)cc3)nnc2SCC(=O)Nc2c(C)cc(C)cc2C)cc1. The van der Waals surface area contributed by atoms with Crippen molar-refractivity contribution in [2.75, 3.05) is 17.7 Å². The number of nitrogens with one attached hydrogen (secondary N) is 1. The maximum Gasteiger partial charge on any atom is 0.234 e. The molecule has 0 unspecified atom stereocenters. The fourth-order valence-electron chi connectivity index (χ4n) is 4.07. The second-order valence-electron chi connectivity index (χ2n) is 8.87. The van der Waals surface area contributed by atoms with Gasteiger partial charge in [-0.3, -0.25) is 9.36 Å². The molecule has 8 heteroatoms. The number of ether oxygens (including phenoxy) is 2. The van der Waals surface area contributed by atoms with Crippen molar-refractivity contribution in [3.63, 3.8) is 0 Å². The van der Waals surface area contributed by atoms with Crippen LogP contribution in [0.1, 0.15) is 35.0 Å². The third-order valence-corrected chi connectivity index (χ3v) is 6.70. The number of aromatic nitrogens is 3. The number of hydrogen-bond donors (Lipinski definition) is 1. The molecular formula is C29H32N4O3S. The standard InChI is InChI=1S/C29H32N4O3S/c1-6-35-24-13-9-23(10-14-24)33-26(17-36-25-11-7-19(2)8-12-25)31-32-29(33)37-18-27(34)30-28-21(4)15-20(3)16-22(28)5/h7-16H,6,17-18H2,1-5H3,(H,30,34). The van der Waals surface area contributed by atoms with Gasteiger partial charge >= 0.3 is 0 Å². The Bertz CT molecular complexity index is 1340. The zero-order valence-corrected chi connectivity index (χ0v) is 22.7. The number of nitrogens with zero attached hydrogens (tertiary/aromatic N) is 3. The molecule has 1 heterocycles. The fourth-order valence-corrected chi connectivity index (χ4v) is 4.84. The van der Waals surface area contributed by atoms with Crippen LogP contribution in [0, 0.1) is 27.7 Å². The summed E-state index contributed by atoms with van der Waals surface area (Å²) in [7, 11) is 0. The summed E-state index contributed by atoms with van der Waals surface area (Å²) in [6.07, 6.45) is 0. The highest BCUT2D eigenvalue weighted by Crippen LogP contribution is 2.26. The lowest BCUT2D eigenvalue weighted by Crippen LogP contribution is -2.16. The summed E-state index contributed by atoms with van der Waals surface area (Å²) in [5, 5.41) is 12.4. The molecule has 3 aromatic carbocycles. The maximum absolute atomic E-state index is 12.9. The van der Waals surface area contributed by atoms with Crippen molar-refractivity contribution >= 4 is 23.4 Å².